The van der Waals surface area contributed by atoms with Crippen LogP contribution in [0.15, 0.2) is 42.5 Å². The molecule has 19 heavy (non-hydrogen) atoms. The highest BCUT2D eigenvalue weighted by atomic mass is 16.5. The van der Waals surface area contributed by atoms with Crippen molar-refractivity contribution in [3.05, 3.63) is 48.0 Å². The van der Waals surface area contributed by atoms with Gasteiger partial charge in [-0.1, -0.05) is 18.2 Å². The van der Waals surface area contributed by atoms with Gasteiger partial charge in [0.2, 0.25) is 5.75 Å². The first-order valence-corrected chi connectivity index (χ1v) is 5.93. The number of nitrogen functional groups attached to an aromatic ring is 1. The molecule has 0 radical (unpaired) electrons. The maximum absolute atomic E-state index is 5.75. The predicted octanol–water partition coefficient (Wildman–Crippen LogP) is 2.87. The van der Waals surface area contributed by atoms with Crippen LogP contribution >= 0.6 is 0 Å². The Kier molecular flexibility index (Phi) is 4.13. The molecular weight excluding hydrogens is 242 g/mol. The van der Waals surface area contributed by atoms with Crippen LogP contribution in [0.2, 0.25) is 0 Å². The van der Waals surface area contributed by atoms with Gasteiger partial charge < -0.3 is 19.9 Å². The topological polar surface area (TPSA) is 53.7 Å². The Hall–Kier alpha value is -2.36. The van der Waals surface area contributed by atoms with Gasteiger partial charge in [0.25, 0.3) is 0 Å². The zero-order valence-corrected chi connectivity index (χ0v) is 11.1. The molecule has 2 aromatic carbocycles. The second-order valence-corrected chi connectivity index (χ2v) is 4.02. The fraction of sp³-hybridized carbons (Fsp3) is 0.200. The van der Waals surface area contributed by atoms with Crippen LogP contribution in [0, 0.1) is 0 Å². The molecule has 0 amide bonds. The summed E-state index contributed by atoms with van der Waals surface area (Å²) in [5, 5.41) is 0. The fourth-order valence-corrected chi connectivity index (χ4v) is 1.75. The van der Waals surface area contributed by atoms with Crippen molar-refractivity contribution in [2.45, 2.75) is 6.61 Å². The molecule has 2 N–H and O–H groups in total. The summed E-state index contributed by atoms with van der Waals surface area (Å²) in [4.78, 5) is 0. The summed E-state index contributed by atoms with van der Waals surface area (Å²) >= 11 is 0. The van der Waals surface area contributed by atoms with Crippen LogP contribution in [0.5, 0.6) is 17.2 Å². The van der Waals surface area contributed by atoms with E-state index in [4.69, 9.17) is 19.9 Å². The highest BCUT2D eigenvalue weighted by molar-refractivity contribution is 5.51. The number of methoxy groups -OCH3 is 2. The average molecular weight is 259 g/mol. The van der Waals surface area contributed by atoms with Crippen molar-refractivity contribution in [3.8, 4) is 17.2 Å². The van der Waals surface area contributed by atoms with Crippen LogP contribution < -0.4 is 19.9 Å². The highest BCUT2D eigenvalue weighted by Gasteiger charge is 2.10. The van der Waals surface area contributed by atoms with Gasteiger partial charge in [-0.2, -0.15) is 0 Å². The number of rotatable bonds is 5. The predicted molar refractivity (Wildman–Crippen MR) is 74.7 cm³/mol. The molecule has 0 saturated carbocycles. The van der Waals surface area contributed by atoms with Crippen molar-refractivity contribution in [1.29, 1.82) is 0 Å². The second kappa shape index (κ2) is 6.00. The lowest BCUT2D eigenvalue weighted by Gasteiger charge is -2.13. The Bertz CT molecular complexity index is 538. The van der Waals surface area contributed by atoms with Gasteiger partial charge in [-0.05, 0) is 29.8 Å². The minimum atomic E-state index is 0.448. The fourth-order valence-electron chi connectivity index (χ4n) is 1.75. The maximum Gasteiger partial charge on any atom is 0.203 e. The average Bonchev–Trinajstić information content (AvgIpc) is 2.46. The normalized spacial score (nSPS) is 10.0. The molecule has 0 aromatic heterocycles. The quantitative estimate of drug-likeness (QED) is 0.839. The number of anilines is 1. The molecule has 100 valence electrons. The van der Waals surface area contributed by atoms with Crippen molar-refractivity contribution in [3.63, 3.8) is 0 Å². The third kappa shape index (κ3) is 3.10. The molecule has 0 unspecified atom stereocenters. The Morgan fingerprint density at radius 1 is 0.895 bits per heavy atom. The molecule has 0 bridgehead atoms. The van der Waals surface area contributed by atoms with E-state index in [1.807, 2.05) is 42.5 Å². The van der Waals surface area contributed by atoms with E-state index < -0.39 is 0 Å². The van der Waals surface area contributed by atoms with E-state index in [1.165, 1.54) is 0 Å². The van der Waals surface area contributed by atoms with E-state index in [2.05, 4.69) is 0 Å². The molecule has 0 fully saturated rings. The van der Waals surface area contributed by atoms with Crippen molar-refractivity contribution in [2.24, 2.45) is 0 Å². The molecule has 2 rings (SSSR count). The molecule has 0 aliphatic heterocycles. The SMILES string of the molecule is COc1cccc(OCc2ccc(N)cc2)c1OC. The number of hydrogen-bond acceptors (Lipinski definition) is 4. The highest BCUT2D eigenvalue weighted by Crippen LogP contribution is 2.36. The van der Waals surface area contributed by atoms with Gasteiger partial charge in [0.1, 0.15) is 6.61 Å². The van der Waals surface area contributed by atoms with E-state index in [0.717, 1.165) is 11.3 Å². The first-order valence-electron chi connectivity index (χ1n) is 5.93. The van der Waals surface area contributed by atoms with Crippen molar-refractivity contribution in [2.75, 3.05) is 20.0 Å². The van der Waals surface area contributed by atoms with Gasteiger partial charge in [0.15, 0.2) is 11.5 Å². The summed E-state index contributed by atoms with van der Waals surface area (Å²) in [5.41, 5.74) is 7.42. The van der Waals surface area contributed by atoms with Crippen LogP contribution in [0.25, 0.3) is 0 Å². The van der Waals surface area contributed by atoms with E-state index >= 15 is 0 Å². The molecule has 0 aliphatic rings. The minimum Gasteiger partial charge on any atom is -0.493 e. The lowest BCUT2D eigenvalue weighted by Crippen LogP contribution is -1.99. The first kappa shape index (κ1) is 13.1. The zero-order valence-electron chi connectivity index (χ0n) is 11.1. The van der Waals surface area contributed by atoms with Gasteiger partial charge in [-0.25, -0.2) is 0 Å². The lowest BCUT2D eigenvalue weighted by molar-refractivity contribution is 0.275. The molecule has 4 nitrogen and oxygen atoms in total. The van der Waals surface area contributed by atoms with Crippen LogP contribution in [-0.4, -0.2) is 14.2 Å². The molecule has 0 heterocycles. The number of para-hydroxylation sites is 1. The Labute approximate surface area is 112 Å². The lowest BCUT2D eigenvalue weighted by atomic mass is 10.2. The summed E-state index contributed by atoms with van der Waals surface area (Å²) in [5.74, 6) is 1.90. The molecule has 0 atom stereocenters. The summed E-state index contributed by atoms with van der Waals surface area (Å²) in [6, 6.07) is 13.1. The Morgan fingerprint density at radius 3 is 2.21 bits per heavy atom. The van der Waals surface area contributed by atoms with Crippen LogP contribution in [0.4, 0.5) is 5.69 Å². The van der Waals surface area contributed by atoms with Crippen molar-refractivity contribution < 1.29 is 14.2 Å². The van der Waals surface area contributed by atoms with Gasteiger partial charge >= 0.3 is 0 Å². The standard InChI is InChI=1S/C15H17NO3/c1-17-13-4-3-5-14(15(13)18-2)19-10-11-6-8-12(16)9-7-11/h3-9H,10,16H2,1-2H3. The number of hydrogen-bond donors (Lipinski definition) is 1. The third-order valence-electron chi connectivity index (χ3n) is 2.74. The second-order valence-electron chi connectivity index (χ2n) is 4.02. The Morgan fingerprint density at radius 2 is 1.58 bits per heavy atom. The molecule has 4 heteroatoms. The van der Waals surface area contributed by atoms with Crippen molar-refractivity contribution >= 4 is 5.69 Å². The number of ether oxygens (including phenoxy) is 3. The molecule has 0 aliphatic carbocycles. The number of nitrogens with two attached hydrogens (primary N) is 1. The van der Waals surface area contributed by atoms with Gasteiger partial charge in [-0.3, -0.25) is 0 Å². The minimum absolute atomic E-state index is 0.448. The summed E-state index contributed by atoms with van der Waals surface area (Å²) < 4.78 is 16.3. The zero-order chi connectivity index (χ0) is 13.7. The van der Waals surface area contributed by atoms with Gasteiger partial charge in [0, 0.05) is 5.69 Å². The van der Waals surface area contributed by atoms with E-state index in [0.29, 0.717) is 23.9 Å². The molecule has 2 aromatic rings. The number of benzene rings is 2. The first-order chi connectivity index (χ1) is 9.24. The summed E-state index contributed by atoms with van der Waals surface area (Å²) in [6.07, 6.45) is 0. The Balaban J connectivity index is 2.13. The van der Waals surface area contributed by atoms with Gasteiger partial charge in [-0.15, -0.1) is 0 Å². The van der Waals surface area contributed by atoms with Crippen LogP contribution in [0.3, 0.4) is 0 Å². The third-order valence-corrected chi connectivity index (χ3v) is 2.74. The molecule has 0 saturated heterocycles. The van der Waals surface area contributed by atoms with Crippen LogP contribution in [-0.2, 0) is 6.61 Å². The molecule has 0 spiro atoms. The van der Waals surface area contributed by atoms with E-state index in [1.54, 1.807) is 14.2 Å². The largest absolute Gasteiger partial charge is 0.493 e. The monoisotopic (exact) mass is 259 g/mol. The van der Waals surface area contributed by atoms with Crippen LogP contribution in [0.1, 0.15) is 5.56 Å². The summed E-state index contributed by atoms with van der Waals surface area (Å²) in [7, 11) is 3.19. The van der Waals surface area contributed by atoms with E-state index in [-0.39, 0.29) is 0 Å². The van der Waals surface area contributed by atoms with Crippen molar-refractivity contribution in [1.82, 2.24) is 0 Å². The summed E-state index contributed by atoms with van der Waals surface area (Å²) in [6.45, 7) is 0.448. The van der Waals surface area contributed by atoms with Gasteiger partial charge in [0.05, 0.1) is 14.2 Å². The molecular formula is C15H17NO3. The van der Waals surface area contributed by atoms with E-state index in [9.17, 15) is 0 Å². The smallest absolute Gasteiger partial charge is 0.203 e. The maximum atomic E-state index is 5.75.